The summed E-state index contributed by atoms with van der Waals surface area (Å²) in [5.41, 5.74) is 3.34. The Morgan fingerprint density at radius 3 is 2.82 bits per heavy atom. The van der Waals surface area contributed by atoms with Crippen LogP contribution in [0, 0.1) is 5.82 Å². The molecule has 0 radical (unpaired) electrons. The molecule has 1 aliphatic rings. The zero-order valence-electron chi connectivity index (χ0n) is 9.16. The van der Waals surface area contributed by atoms with Crippen LogP contribution in [-0.2, 0) is 6.42 Å². The van der Waals surface area contributed by atoms with Gasteiger partial charge in [0.2, 0.25) is 0 Å². The van der Waals surface area contributed by atoms with Crippen LogP contribution in [0.2, 0.25) is 0 Å². The standard InChI is InChI=1S/C13H12ClFN2/c14-12-5-9(6-13-11(12)7-16-17-13)8-1-3-10(15)4-2-8/h1-4,7,9,12H,5-6H2,(H,16,17). The molecular weight excluding hydrogens is 239 g/mol. The van der Waals surface area contributed by atoms with Gasteiger partial charge in [-0.25, -0.2) is 4.39 Å². The number of aromatic nitrogens is 2. The molecule has 2 aromatic rings. The zero-order valence-corrected chi connectivity index (χ0v) is 9.91. The first-order chi connectivity index (χ1) is 8.24. The van der Waals surface area contributed by atoms with E-state index in [-0.39, 0.29) is 11.2 Å². The molecule has 1 aromatic carbocycles. The van der Waals surface area contributed by atoms with E-state index >= 15 is 0 Å². The molecule has 0 aliphatic heterocycles. The number of alkyl halides is 1. The van der Waals surface area contributed by atoms with E-state index in [1.165, 1.54) is 12.1 Å². The van der Waals surface area contributed by atoms with Gasteiger partial charge >= 0.3 is 0 Å². The maximum atomic E-state index is 12.9. The number of hydrogen-bond acceptors (Lipinski definition) is 1. The fourth-order valence-electron chi connectivity index (χ4n) is 2.45. The summed E-state index contributed by atoms with van der Waals surface area (Å²) < 4.78 is 12.9. The summed E-state index contributed by atoms with van der Waals surface area (Å²) in [5, 5.41) is 7.01. The van der Waals surface area contributed by atoms with Crippen molar-refractivity contribution in [1.29, 1.82) is 0 Å². The highest BCUT2D eigenvalue weighted by Gasteiger charge is 2.27. The van der Waals surface area contributed by atoms with Crippen LogP contribution in [0.5, 0.6) is 0 Å². The van der Waals surface area contributed by atoms with E-state index in [1.54, 1.807) is 6.20 Å². The molecule has 0 amide bonds. The van der Waals surface area contributed by atoms with E-state index in [0.29, 0.717) is 5.92 Å². The van der Waals surface area contributed by atoms with Gasteiger partial charge in [-0.05, 0) is 36.5 Å². The van der Waals surface area contributed by atoms with E-state index in [0.717, 1.165) is 29.7 Å². The molecule has 1 aliphatic carbocycles. The maximum absolute atomic E-state index is 12.9. The third kappa shape index (κ3) is 1.95. The average molecular weight is 251 g/mol. The zero-order chi connectivity index (χ0) is 11.8. The first-order valence-electron chi connectivity index (χ1n) is 5.65. The summed E-state index contributed by atoms with van der Waals surface area (Å²) in [6.07, 6.45) is 3.57. The van der Waals surface area contributed by atoms with Crippen LogP contribution in [0.25, 0.3) is 0 Å². The van der Waals surface area contributed by atoms with E-state index in [4.69, 9.17) is 11.6 Å². The molecule has 0 bridgehead atoms. The van der Waals surface area contributed by atoms with Gasteiger partial charge < -0.3 is 0 Å². The SMILES string of the molecule is Fc1ccc(C2Cc3[nH]ncc3C(Cl)C2)cc1. The molecule has 2 nitrogen and oxygen atoms in total. The lowest BCUT2D eigenvalue weighted by Gasteiger charge is -2.25. The average Bonchev–Trinajstić information content (AvgIpc) is 2.78. The van der Waals surface area contributed by atoms with Gasteiger partial charge in [0.1, 0.15) is 5.82 Å². The second-order valence-electron chi connectivity index (χ2n) is 4.46. The van der Waals surface area contributed by atoms with Gasteiger partial charge in [-0.2, -0.15) is 5.10 Å². The molecule has 3 rings (SSSR count). The molecule has 2 atom stereocenters. The molecule has 0 saturated carbocycles. The molecule has 88 valence electrons. The number of aromatic amines is 1. The summed E-state index contributed by atoms with van der Waals surface area (Å²) in [7, 11) is 0. The molecule has 2 unspecified atom stereocenters. The van der Waals surface area contributed by atoms with E-state index in [1.807, 2.05) is 12.1 Å². The number of fused-ring (bicyclic) bond motifs is 1. The smallest absolute Gasteiger partial charge is 0.123 e. The molecule has 1 aromatic heterocycles. The minimum absolute atomic E-state index is 0.00690. The third-order valence-electron chi connectivity index (χ3n) is 3.37. The Morgan fingerprint density at radius 2 is 2.06 bits per heavy atom. The van der Waals surface area contributed by atoms with Crippen molar-refractivity contribution >= 4 is 11.6 Å². The lowest BCUT2D eigenvalue weighted by Crippen LogP contribution is -2.14. The number of rotatable bonds is 1. The highest BCUT2D eigenvalue weighted by molar-refractivity contribution is 6.21. The van der Waals surface area contributed by atoms with Crippen molar-refractivity contribution in [3.05, 3.63) is 53.1 Å². The molecular formula is C13H12ClFN2. The van der Waals surface area contributed by atoms with Gasteiger partial charge in [0, 0.05) is 11.3 Å². The van der Waals surface area contributed by atoms with Gasteiger partial charge in [-0.1, -0.05) is 12.1 Å². The Balaban J connectivity index is 1.90. The van der Waals surface area contributed by atoms with Crippen molar-refractivity contribution in [1.82, 2.24) is 10.2 Å². The minimum Gasteiger partial charge on any atom is -0.282 e. The Morgan fingerprint density at radius 1 is 1.29 bits per heavy atom. The monoisotopic (exact) mass is 250 g/mol. The number of H-pyrrole nitrogens is 1. The van der Waals surface area contributed by atoms with Crippen LogP contribution >= 0.6 is 11.6 Å². The first kappa shape index (κ1) is 10.8. The highest BCUT2D eigenvalue weighted by Crippen LogP contribution is 2.40. The number of nitrogens with zero attached hydrogens (tertiary/aromatic N) is 1. The molecule has 1 heterocycles. The van der Waals surface area contributed by atoms with Crippen molar-refractivity contribution in [3.63, 3.8) is 0 Å². The second-order valence-corrected chi connectivity index (χ2v) is 4.99. The normalized spacial score (nSPS) is 23.4. The number of nitrogens with one attached hydrogen (secondary N) is 1. The summed E-state index contributed by atoms with van der Waals surface area (Å²) in [6, 6.07) is 6.68. The molecule has 0 saturated heterocycles. The van der Waals surface area contributed by atoms with Gasteiger partial charge in [0.25, 0.3) is 0 Å². The topological polar surface area (TPSA) is 28.7 Å². The van der Waals surface area contributed by atoms with Gasteiger partial charge in [-0.15, -0.1) is 11.6 Å². The Kier molecular flexibility index (Phi) is 2.63. The molecule has 1 N–H and O–H groups in total. The van der Waals surface area contributed by atoms with Crippen molar-refractivity contribution < 1.29 is 4.39 Å². The van der Waals surface area contributed by atoms with Crippen molar-refractivity contribution in [2.75, 3.05) is 0 Å². The van der Waals surface area contributed by atoms with Gasteiger partial charge in [0.05, 0.1) is 11.6 Å². The first-order valence-corrected chi connectivity index (χ1v) is 6.09. The third-order valence-corrected chi connectivity index (χ3v) is 3.79. The second kappa shape index (κ2) is 4.15. The summed E-state index contributed by atoms with van der Waals surface area (Å²) in [4.78, 5) is 0. The fourth-order valence-corrected chi connectivity index (χ4v) is 2.85. The van der Waals surface area contributed by atoms with Gasteiger partial charge in [-0.3, -0.25) is 5.10 Å². The minimum atomic E-state index is -0.200. The lowest BCUT2D eigenvalue weighted by molar-refractivity contribution is 0.562. The lowest BCUT2D eigenvalue weighted by atomic mass is 9.83. The van der Waals surface area contributed by atoms with E-state index in [2.05, 4.69) is 10.2 Å². The Labute approximate surface area is 104 Å². The summed E-state index contributed by atoms with van der Waals surface area (Å²) in [5.74, 6) is 0.139. The number of hydrogen-bond donors (Lipinski definition) is 1. The van der Waals surface area contributed by atoms with Crippen LogP contribution in [0.1, 0.15) is 34.5 Å². The largest absolute Gasteiger partial charge is 0.282 e. The van der Waals surface area contributed by atoms with Crippen LogP contribution < -0.4 is 0 Å². The van der Waals surface area contributed by atoms with Crippen molar-refractivity contribution in [3.8, 4) is 0 Å². The van der Waals surface area contributed by atoms with Crippen molar-refractivity contribution in [2.24, 2.45) is 0 Å². The molecule has 17 heavy (non-hydrogen) atoms. The number of halogens is 2. The van der Waals surface area contributed by atoms with E-state index < -0.39 is 0 Å². The van der Waals surface area contributed by atoms with Crippen LogP contribution in [0.3, 0.4) is 0 Å². The fraction of sp³-hybridized carbons (Fsp3) is 0.308. The Bertz CT molecular complexity index is 520. The molecule has 0 spiro atoms. The van der Waals surface area contributed by atoms with Gasteiger partial charge in [0.15, 0.2) is 0 Å². The summed E-state index contributed by atoms with van der Waals surface area (Å²) >= 11 is 6.33. The molecule has 4 heteroatoms. The van der Waals surface area contributed by atoms with Crippen LogP contribution in [0.4, 0.5) is 4.39 Å². The molecule has 0 fully saturated rings. The van der Waals surface area contributed by atoms with Crippen LogP contribution in [-0.4, -0.2) is 10.2 Å². The highest BCUT2D eigenvalue weighted by atomic mass is 35.5. The number of benzene rings is 1. The summed E-state index contributed by atoms with van der Waals surface area (Å²) in [6.45, 7) is 0. The predicted octanol–water partition coefficient (Wildman–Crippen LogP) is 3.56. The predicted molar refractivity (Wildman–Crippen MR) is 64.6 cm³/mol. The van der Waals surface area contributed by atoms with Crippen molar-refractivity contribution in [2.45, 2.75) is 24.1 Å². The van der Waals surface area contributed by atoms with Crippen LogP contribution in [0.15, 0.2) is 30.5 Å². The quantitative estimate of drug-likeness (QED) is 0.771. The van der Waals surface area contributed by atoms with E-state index in [9.17, 15) is 4.39 Å². The maximum Gasteiger partial charge on any atom is 0.123 e. The Hall–Kier alpha value is -1.35.